The monoisotopic (exact) mass is 515 g/mol. The third-order valence-electron chi connectivity index (χ3n) is 6.65. The molecule has 3 aromatic rings. The Morgan fingerprint density at radius 1 is 0.921 bits per heavy atom. The summed E-state index contributed by atoms with van der Waals surface area (Å²) in [7, 11) is 0. The summed E-state index contributed by atoms with van der Waals surface area (Å²) in [6.07, 6.45) is -0.257. The molecule has 0 aliphatic carbocycles. The maximum atomic E-state index is 13.4. The molecule has 4 rings (SSSR count). The number of carbonyl (C=O) groups excluding carboxylic acids is 2. The summed E-state index contributed by atoms with van der Waals surface area (Å²) < 4.78 is 5.68. The van der Waals surface area contributed by atoms with Crippen molar-refractivity contribution in [3.63, 3.8) is 0 Å². The van der Waals surface area contributed by atoms with Crippen LogP contribution in [0.1, 0.15) is 58.2 Å². The molecule has 8 heteroatoms. The van der Waals surface area contributed by atoms with E-state index in [0.29, 0.717) is 35.6 Å². The highest BCUT2D eigenvalue weighted by Gasteiger charge is 2.29. The third-order valence-corrected chi connectivity index (χ3v) is 6.65. The molecule has 0 radical (unpaired) electrons. The number of anilines is 2. The Bertz CT molecular complexity index is 1280. The molecule has 38 heavy (non-hydrogen) atoms. The molecular weight excluding hydrogens is 482 g/mol. The van der Waals surface area contributed by atoms with Crippen molar-refractivity contribution in [2.75, 3.05) is 23.4 Å². The molecule has 1 fully saturated rings. The smallest absolute Gasteiger partial charge is 0.305 e. The second-order valence-electron chi connectivity index (χ2n) is 9.73. The number of carbonyl (C=O) groups is 3. The predicted molar refractivity (Wildman–Crippen MR) is 147 cm³/mol. The lowest BCUT2D eigenvalue weighted by molar-refractivity contribution is -0.137. The molecule has 0 spiro atoms. The second kappa shape index (κ2) is 11.9. The Hall–Kier alpha value is -4.17. The maximum absolute atomic E-state index is 13.4. The van der Waals surface area contributed by atoms with Crippen LogP contribution in [0, 0.1) is 6.92 Å². The number of rotatable bonds is 8. The highest BCUT2D eigenvalue weighted by molar-refractivity contribution is 6.07. The van der Waals surface area contributed by atoms with Crippen LogP contribution in [-0.2, 0) is 9.53 Å². The summed E-state index contributed by atoms with van der Waals surface area (Å²) in [5.41, 5.74) is 3.84. The van der Waals surface area contributed by atoms with Gasteiger partial charge in [0.15, 0.2) is 0 Å². The van der Waals surface area contributed by atoms with E-state index in [-0.39, 0.29) is 24.4 Å². The number of ether oxygens (including phenoxy) is 1. The van der Waals surface area contributed by atoms with Crippen LogP contribution in [0.25, 0.3) is 0 Å². The molecule has 0 bridgehead atoms. The van der Waals surface area contributed by atoms with E-state index in [0.717, 1.165) is 11.3 Å². The van der Waals surface area contributed by atoms with E-state index in [9.17, 15) is 19.5 Å². The first-order valence-electron chi connectivity index (χ1n) is 12.7. The Morgan fingerprint density at radius 3 is 2.21 bits per heavy atom. The fourth-order valence-electron chi connectivity index (χ4n) is 4.73. The van der Waals surface area contributed by atoms with E-state index in [4.69, 9.17) is 4.74 Å². The number of nitrogens with one attached hydrogen (secondary N) is 2. The summed E-state index contributed by atoms with van der Waals surface area (Å²) in [6, 6.07) is 20.9. The molecule has 198 valence electrons. The zero-order valence-corrected chi connectivity index (χ0v) is 21.8. The number of hydrogen-bond donors (Lipinski definition) is 3. The number of carboxylic acid groups (broad SMARTS) is 1. The molecule has 8 nitrogen and oxygen atoms in total. The molecule has 1 aliphatic rings. The third kappa shape index (κ3) is 6.39. The largest absolute Gasteiger partial charge is 0.481 e. The van der Waals surface area contributed by atoms with Crippen molar-refractivity contribution in [1.29, 1.82) is 0 Å². The number of amides is 2. The molecule has 2 amide bonds. The number of morpholine rings is 1. The first-order chi connectivity index (χ1) is 18.2. The van der Waals surface area contributed by atoms with Crippen molar-refractivity contribution < 1.29 is 24.2 Å². The van der Waals surface area contributed by atoms with E-state index >= 15 is 0 Å². The fraction of sp³-hybridized carbons (Fsp3) is 0.300. The quantitative estimate of drug-likeness (QED) is 0.398. The standard InChI is InChI=1S/C30H33N3O5/c1-19-9-11-22(12-10-19)25(16-28(34)35)31-30(37)24-13-14-27(33-20(2)17-38-18-21(33)3)26(15-24)32-29(36)23-7-5-4-6-8-23/h4-15,20-21,25H,16-18H2,1-3H3,(H,31,37)(H,32,36)(H,34,35). The zero-order valence-electron chi connectivity index (χ0n) is 21.8. The van der Waals surface area contributed by atoms with Gasteiger partial charge in [0.1, 0.15) is 0 Å². The van der Waals surface area contributed by atoms with Crippen LogP contribution in [0.4, 0.5) is 11.4 Å². The average Bonchev–Trinajstić information content (AvgIpc) is 2.89. The van der Waals surface area contributed by atoms with E-state index in [1.807, 2.05) is 43.3 Å². The number of hydrogen-bond acceptors (Lipinski definition) is 5. The van der Waals surface area contributed by atoms with Gasteiger partial charge in [-0.25, -0.2) is 0 Å². The lowest BCUT2D eigenvalue weighted by Crippen LogP contribution is -2.50. The molecule has 0 aromatic heterocycles. The van der Waals surface area contributed by atoms with Crippen LogP contribution >= 0.6 is 0 Å². The summed E-state index contributed by atoms with van der Waals surface area (Å²) in [5, 5.41) is 15.3. The predicted octanol–water partition coefficient (Wildman–Crippen LogP) is 4.81. The maximum Gasteiger partial charge on any atom is 0.305 e. The zero-order chi connectivity index (χ0) is 27.2. The van der Waals surface area contributed by atoms with Crippen molar-refractivity contribution in [2.45, 2.75) is 45.3 Å². The molecule has 3 atom stereocenters. The Morgan fingerprint density at radius 2 is 1.58 bits per heavy atom. The lowest BCUT2D eigenvalue weighted by atomic mass is 10.0. The molecular formula is C30H33N3O5. The fourth-order valence-corrected chi connectivity index (χ4v) is 4.73. The molecule has 1 aliphatic heterocycles. The van der Waals surface area contributed by atoms with Gasteiger partial charge in [0.25, 0.3) is 11.8 Å². The van der Waals surface area contributed by atoms with Crippen molar-refractivity contribution >= 4 is 29.2 Å². The topological polar surface area (TPSA) is 108 Å². The number of benzene rings is 3. The molecule has 3 unspecified atom stereocenters. The second-order valence-corrected chi connectivity index (χ2v) is 9.73. The van der Waals surface area contributed by atoms with Crippen molar-refractivity contribution in [3.05, 3.63) is 95.1 Å². The molecule has 1 heterocycles. The van der Waals surface area contributed by atoms with Crippen LogP contribution < -0.4 is 15.5 Å². The van der Waals surface area contributed by atoms with Gasteiger partial charge >= 0.3 is 5.97 Å². The molecule has 1 saturated heterocycles. The van der Waals surface area contributed by atoms with Crippen LogP contribution in [0.15, 0.2) is 72.8 Å². The van der Waals surface area contributed by atoms with Crippen molar-refractivity contribution in [1.82, 2.24) is 5.32 Å². The van der Waals surface area contributed by atoms with Crippen LogP contribution in [-0.4, -0.2) is 48.2 Å². The van der Waals surface area contributed by atoms with Gasteiger partial charge in [0.05, 0.1) is 37.1 Å². The molecule has 3 aromatic carbocycles. The summed E-state index contributed by atoms with van der Waals surface area (Å²) in [4.78, 5) is 40.2. The highest BCUT2D eigenvalue weighted by atomic mass is 16.5. The van der Waals surface area contributed by atoms with Gasteiger partial charge < -0.3 is 25.4 Å². The minimum atomic E-state index is -1.02. The Kier molecular flexibility index (Phi) is 8.43. The van der Waals surface area contributed by atoms with Gasteiger partial charge in [-0.15, -0.1) is 0 Å². The Labute approximate surface area is 222 Å². The van der Waals surface area contributed by atoms with E-state index in [1.54, 1.807) is 36.4 Å². The van der Waals surface area contributed by atoms with Crippen LogP contribution in [0.2, 0.25) is 0 Å². The lowest BCUT2D eigenvalue weighted by Gasteiger charge is -2.41. The van der Waals surface area contributed by atoms with Crippen LogP contribution in [0.3, 0.4) is 0 Å². The van der Waals surface area contributed by atoms with Gasteiger partial charge in [0.2, 0.25) is 0 Å². The van der Waals surface area contributed by atoms with E-state index in [1.165, 1.54) is 0 Å². The van der Waals surface area contributed by atoms with Crippen molar-refractivity contribution in [2.24, 2.45) is 0 Å². The number of nitrogens with zero attached hydrogens (tertiary/aromatic N) is 1. The molecule has 3 N–H and O–H groups in total. The summed E-state index contributed by atoms with van der Waals surface area (Å²) >= 11 is 0. The Balaban J connectivity index is 1.66. The summed E-state index contributed by atoms with van der Waals surface area (Å²) in [5.74, 6) is -1.74. The molecule has 0 saturated carbocycles. The number of aryl methyl sites for hydroxylation is 1. The highest BCUT2D eigenvalue weighted by Crippen LogP contribution is 2.33. The SMILES string of the molecule is Cc1ccc(C(CC(=O)O)NC(=O)c2ccc(N3C(C)COCC3C)c(NC(=O)c3ccccc3)c2)cc1. The van der Waals surface area contributed by atoms with Gasteiger partial charge in [-0.3, -0.25) is 14.4 Å². The number of aliphatic carboxylic acids is 1. The van der Waals surface area contributed by atoms with E-state index < -0.39 is 17.9 Å². The van der Waals surface area contributed by atoms with Crippen LogP contribution in [0.5, 0.6) is 0 Å². The first-order valence-corrected chi connectivity index (χ1v) is 12.7. The summed E-state index contributed by atoms with van der Waals surface area (Å²) in [6.45, 7) is 7.14. The van der Waals surface area contributed by atoms with Gasteiger partial charge in [-0.05, 0) is 56.7 Å². The minimum Gasteiger partial charge on any atom is -0.481 e. The number of carboxylic acids is 1. The van der Waals surface area contributed by atoms with Gasteiger partial charge in [-0.1, -0.05) is 48.0 Å². The van der Waals surface area contributed by atoms with Gasteiger partial charge in [0, 0.05) is 23.2 Å². The first kappa shape index (κ1) is 26.9. The normalized spacial score (nSPS) is 17.9. The van der Waals surface area contributed by atoms with Gasteiger partial charge in [-0.2, -0.15) is 0 Å². The van der Waals surface area contributed by atoms with Crippen molar-refractivity contribution in [3.8, 4) is 0 Å². The average molecular weight is 516 g/mol. The minimum absolute atomic E-state index is 0.0623. The van der Waals surface area contributed by atoms with E-state index in [2.05, 4.69) is 29.4 Å².